The second-order valence-corrected chi connectivity index (χ2v) is 3.93. The van der Waals surface area contributed by atoms with Gasteiger partial charge in [0.05, 0.1) is 6.23 Å². The van der Waals surface area contributed by atoms with Crippen molar-refractivity contribution in [1.29, 1.82) is 0 Å². The van der Waals surface area contributed by atoms with Crippen LogP contribution >= 0.6 is 0 Å². The number of nitrogens with zero attached hydrogens (tertiary/aromatic N) is 1. The molecule has 1 unspecified atom stereocenters. The van der Waals surface area contributed by atoms with Crippen LogP contribution in [0.1, 0.15) is 33.1 Å². The van der Waals surface area contributed by atoms with Crippen LogP contribution in [0.15, 0.2) is 0 Å². The van der Waals surface area contributed by atoms with Crippen molar-refractivity contribution in [1.82, 2.24) is 4.81 Å². The molecular weight excluding hydrogens is 137 g/mol. The first-order valence-electron chi connectivity index (χ1n) is 4.29. The van der Waals surface area contributed by atoms with Crippen LogP contribution < -0.4 is 0 Å². The van der Waals surface area contributed by atoms with Gasteiger partial charge in [0.15, 0.2) is 0 Å². The predicted octanol–water partition coefficient (Wildman–Crippen LogP) is 1.24. The van der Waals surface area contributed by atoms with Crippen LogP contribution in [0.2, 0.25) is 5.31 Å². The fourth-order valence-corrected chi connectivity index (χ4v) is 1.46. The highest BCUT2D eigenvalue weighted by molar-refractivity contribution is 6.37. The lowest BCUT2D eigenvalue weighted by Crippen LogP contribution is -2.41. The zero-order valence-corrected chi connectivity index (χ0v) is 7.67. The summed E-state index contributed by atoms with van der Waals surface area (Å²) in [5, 5.41) is 9.57. The second kappa shape index (κ2) is 3.15. The Morgan fingerprint density at radius 2 is 2.09 bits per heavy atom. The maximum absolute atomic E-state index is 9.20. The normalized spacial score (nSPS) is 24.5. The SMILES string of the molecule is CC(O)N(C)[B]C1(C)CCC1. The molecule has 1 fully saturated rings. The van der Waals surface area contributed by atoms with Crippen LogP contribution in [0.25, 0.3) is 0 Å². The van der Waals surface area contributed by atoms with E-state index in [9.17, 15) is 5.11 Å². The quantitative estimate of drug-likeness (QED) is 0.488. The first kappa shape index (κ1) is 9.08. The standard InChI is InChI=1S/C8H17BNO/c1-7(11)10(3)9-8(2)5-4-6-8/h7,11H,4-6H2,1-3H3. The summed E-state index contributed by atoms with van der Waals surface area (Å²) >= 11 is 0. The van der Waals surface area contributed by atoms with Gasteiger partial charge in [0.2, 0.25) is 7.41 Å². The molecule has 2 nitrogen and oxygen atoms in total. The third-order valence-electron chi connectivity index (χ3n) is 2.60. The molecule has 0 aromatic rings. The van der Waals surface area contributed by atoms with Gasteiger partial charge in [0, 0.05) is 0 Å². The molecule has 0 bridgehead atoms. The van der Waals surface area contributed by atoms with Crippen LogP contribution in [-0.4, -0.2) is 30.6 Å². The minimum atomic E-state index is -0.354. The Bertz CT molecular complexity index is 134. The highest BCUT2D eigenvalue weighted by Crippen LogP contribution is 2.46. The van der Waals surface area contributed by atoms with Crippen molar-refractivity contribution >= 4 is 7.41 Å². The maximum Gasteiger partial charge on any atom is 0.217 e. The molecular formula is C8H17BNO. The molecule has 1 N–H and O–H groups in total. The summed E-state index contributed by atoms with van der Waals surface area (Å²) in [5.41, 5.74) is 0. The van der Waals surface area contributed by atoms with Crippen LogP contribution in [0.4, 0.5) is 0 Å². The average molecular weight is 154 g/mol. The molecule has 0 heterocycles. The Morgan fingerprint density at radius 3 is 2.36 bits per heavy atom. The topological polar surface area (TPSA) is 23.5 Å². The van der Waals surface area contributed by atoms with Crippen molar-refractivity contribution in [3.8, 4) is 0 Å². The Morgan fingerprint density at radius 1 is 1.55 bits per heavy atom. The molecule has 0 aliphatic heterocycles. The first-order chi connectivity index (χ1) is 5.03. The van der Waals surface area contributed by atoms with Gasteiger partial charge in [-0.25, -0.2) is 0 Å². The lowest BCUT2D eigenvalue weighted by molar-refractivity contribution is 0.0905. The molecule has 0 aromatic heterocycles. The number of aliphatic hydroxyl groups excluding tert-OH is 1. The molecule has 63 valence electrons. The molecule has 3 heteroatoms. The van der Waals surface area contributed by atoms with Gasteiger partial charge >= 0.3 is 0 Å². The second-order valence-electron chi connectivity index (χ2n) is 3.93. The maximum atomic E-state index is 9.20. The number of hydrogen-bond acceptors (Lipinski definition) is 2. The van der Waals surface area contributed by atoms with Crippen molar-refractivity contribution in [2.45, 2.75) is 44.7 Å². The van der Waals surface area contributed by atoms with E-state index in [1.54, 1.807) is 6.92 Å². The van der Waals surface area contributed by atoms with Crippen molar-refractivity contribution in [2.75, 3.05) is 7.05 Å². The molecule has 1 saturated carbocycles. The molecule has 1 aliphatic carbocycles. The van der Waals surface area contributed by atoms with Gasteiger partial charge in [-0.3, -0.25) is 0 Å². The summed E-state index contributed by atoms with van der Waals surface area (Å²) in [5.74, 6) is 0. The monoisotopic (exact) mass is 154 g/mol. The summed E-state index contributed by atoms with van der Waals surface area (Å²) in [6.45, 7) is 4.04. The Hall–Kier alpha value is -0.0151. The van der Waals surface area contributed by atoms with E-state index in [4.69, 9.17) is 0 Å². The molecule has 1 radical (unpaired) electrons. The third-order valence-corrected chi connectivity index (χ3v) is 2.60. The molecule has 1 atom stereocenters. The Labute approximate surface area is 69.9 Å². The Kier molecular flexibility index (Phi) is 2.60. The van der Waals surface area contributed by atoms with Crippen molar-refractivity contribution in [2.24, 2.45) is 0 Å². The zero-order valence-electron chi connectivity index (χ0n) is 7.67. The minimum Gasteiger partial charge on any atom is -0.380 e. The zero-order chi connectivity index (χ0) is 8.48. The largest absolute Gasteiger partial charge is 0.380 e. The number of hydrogen-bond donors (Lipinski definition) is 1. The highest BCUT2D eigenvalue weighted by Gasteiger charge is 2.34. The smallest absolute Gasteiger partial charge is 0.217 e. The van der Waals surface area contributed by atoms with E-state index in [1.807, 2.05) is 11.9 Å². The van der Waals surface area contributed by atoms with Crippen molar-refractivity contribution < 1.29 is 5.11 Å². The molecule has 1 rings (SSSR count). The summed E-state index contributed by atoms with van der Waals surface area (Å²) < 4.78 is 0. The Balaban J connectivity index is 2.29. The lowest BCUT2D eigenvalue weighted by atomic mass is 9.49. The van der Waals surface area contributed by atoms with Gasteiger partial charge in [-0.05, 0) is 19.3 Å². The summed E-state index contributed by atoms with van der Waals surface area (Å²) in [6, 6.07) is 0. The highest BCUT2D eigenvalue weighted by atomic mass is 16.3. The van der Waals surface area contributed by atoms with Gasteiger partial charge in [-0.2, -0.15) is 0 Å². The van der Waals surface area contributed by atoms with E-state index in [1.165, 1.54) is 19.3 Å². The van der Waals surface area contributed by atoms with E-state index in [-0.39, 0.29) is 6.23 Å². The van der Waals surface area contributed by atoms with Crippen LogP contribution in [0.3, 0.4) is 0 Å². The molecule has 0 aromatic carbocycles. The van der Waals surface area contributed by atoms with E-state index < -0.39 is 0 Å². The van der Waals surface area contributed by atoms with Gasteiger partial charge < -0.3 is 9.92 Å². The van der Waals surface area contributed by atoms with Crippen LogP contribution in [0, 0.1) is 0 Å². The van der Waals surface area contributed by atoms with Gasteiger partial charge in [-0.15, -0.1) is 0 Å². The summed E-state index contributed by atoms with van der Waals surface area (Å²) in [7, 11) is 4.08. The number of aliphatic hydroxyl groups is 1. The van der Waals surface area contributed by atoms with E-state index in [0.29, 0.717) is 5.31 Å². The van der Waals surface area contributed by atoms with Crippen LogP contribution in [0.5, 0.6) is 0 Å². The van der Waals surface area contributed by atoms with Crippen molar-refractivity contribution in [3.05, 3.63) is 0 Å². The fraction of sp³-hybridized carbons (Fsp3) is 1.00. The summed E-state index contributed by atoms with van der Waals surface area (Å²) in [4.78, 5) is 1.89. The van der Waals surface area contributed by atoms with Crippen LogP contribution in [-0.2, 0) is 0 Å². The molecule has 1 aliphatic rings. The van der Waals surface area contributed by atoms with Crippen molar-refractivity contribution in [3.63, 3.8) is 0 Å². The molecule has 0 amide bonds. The molecule has 11 heavy (non-hydrogen) atoms. The third kappa shape index (κ3) is 2.21. The van der Waals surface area contributed by atoms with E-state index >= 15 is 0 Å². The predicted molar refractivity (Wildman–Crippen MR) is 47.4 cm³/mol. The van der Waals surface area contributed by atoms with E-state index in [2.05, 4.69) is 14.3 Å². The molecule has 0 spiro atoms. The molecule has 0 saturated heterocycles. The summed E-state index contributed by atoms with van der Waals surface area (Å²) in [6.07, 6.45) is 3.52. The van der Waals surface area contributed by atoms with Gasteiger partial charge in [0.25, 0.3) is 0 Å². The fourth-order valence-electron chi connectivity index (χ4n) is 1.46. The number of rotatable bonds is 3. The van der Waals surface area contributed by atoms with Gasteiger partial charge in [-0.1, -0.05) is 26.2 Å². The first-order valence-corrected chi connectivity index (χ1v) is 4.29. The average Bonchev–Trinajstić information content (AvgIpc) is 1.84. The lowest BCUT2D eigenvalue weighted by Gasteiger charge is -2.40. The van der Waals surface area contributed by atoms with Gasteiger partial charge in [0.1, 0.15) is 0 Å². The minimum absolute atomic E-state index is 0.354. The van der Waals surface area contributed by atoms with E-state index in [0.717, 1.165) is 0 Å².